The van der Waals surface area contributed by atoms with E-state index in [1.54, 1.807) is 13.8 Å². The highest BCUT2D eigenvalue weighted by atomic mass is 16.6. The Labute approximate surface area is 360 Å². The third-order valence-electron chi connectivity index (χ3n) is 17.9. The molecule has 0 amide bonds. The maximum atomic E-state index is 12.7. The molecule has 0 aromatic heterocycles. The van der Waals surface area contributed by atoms with Crippen molar-refractivity contribution in [2.45, 2.75) is 176 Å². The van der Waals surface area contributed by atoms with Crippen LogP contribution >= 0.6 is 0 Å². The highest BCUT2D eigenvalue weighted by Crippen LogP contribution is 2.71. The summed E-state index contributed by atoms with van der Waals surface area (Å²) in [6.45, 7) is 19.1. The van der Waals surface area contributed by atoms with E-state index in [0.717, 1.165) is 79.4 Å². The minimum atomic E-state index is -0.396. The number of cyclic esters (lactones) is 2. The van der Waals surface area contributed by atoms with E-state index < -0.39 is 11.9 Å². The van der Waals surface area contributed by atoms with Crippen molar-refractivity contribution < 1.29 is 42.9 Å². The Bertz CT molecular complexity index is 1500. The quantitative estimate of drug-likeness (QED) is 0.115. The summed E-state index contributed by atoms with van der Waals surface area (Å²) < 4.78 is 21.6. The molecular formula is C50H88O9. The van der Waals surface area contributed by atoms with Crippen LogP contribution in [0.3, 0.4) is 0 Å². The Kier molecular flexibility index (Phi) is 16.9. The first-order valence-electron chi connectivity index (χ1n) is 21.4. The first kappa shape index (κ1) is 52.7. The molecule has 10 fully saturated rings. The summed E-state index contributed by atoms with van der Waals surface area (Å²) >= 11 is 0. The zero-order valence-corrected chi connectivity index (χ0v) is 33.5. The fourth-order valence-corrected chi connectivity index (χ4v) is 14.1. The number of hydrogen-bond donors (Lipinski definition) is 0. The predicted molar refractivity (Wildman–Crippen MR) is 234 cm³/mol. The van der Waals surface area contributed by atoms with Gasteiger partial charge < -0.3 is 18.9 Å². The summed E-state index contributed by atoms with van der Waals surface area (Å²) in [6.07, 6.45) is 8.54. The lowest BCUT2D eigenvalue weighted by Gasteiger charge is -2.43. The minimum absolute atomic E-state index is 0. The van der Waals surface area contributed by atoms with E-state index in [9.17, 15) is 24.0 Å². The Balaban J connectivity index is 0.000000312. The fourth-order valence-electron chi connectivity index (χ4n) is 14.1. The molecule has 9 nitrogen and oxygen atoms in total. The molecule has 2 saturated heterocycles. The van der Waals surface area contributed by atoms with Gasteiger partial charge in [-0.2, -0.15) is 0 Å². The van der Waals surface area contributed by atoms with Crippen LogP contribution in [0.2, 0.25) is 0 Å². The van der Waals surface area contributed by atoms with E-state index in [4.69, 9.17) is 14.2 Å². The van der Waals surface area contributed by atoms with Crippen molar-refractivity contribution in [3.8, 4) is 0 Å². The van der Waals surface area contributed by atoms with Gasteiger partial charge in [0.15, 0.2) is 0 Å². The molecule has 0 radical (unpaired) electrons. The Morgan fingerprint density at radius 3 is 1.61 bits per heavy atom. The summed E-state index contributed by atoms with van der Waals surface area (Å²) in [4.78, 5) is 58.3. The summed E-state index contributed by atoms with van der Waals surface area (Å²) in [5.41, 5.74) is -0.297. The van der Waals surface area contributed by atoms with Crippen LogP contribution in [0.5, 0.6) is 0 Å². The number of rotatable bonds is 5. The predicted octanol–water partition coefficient (Wildman–Crippen LogP) is 11.1. The molecule has 10 aliphatic rings. The van der Waals surface area contributed by atoms with Crippen LogP contribution in [0.4, 0.5) is 0 Å². The van der Waals surface area contributed by atoms with Crippen molar-refractivity contribution in [3.63, 3.8) is 0 Å². The van der Waals surface area contributed by atoms with Crippen molar-refractivity contribution in [1.29, 1.82) is 0 Å². The zero-order chi connectivity index (χ0) is 38.0. The summed E-state index contributed by atoms with van der Waals surface area (Å²) in [6, 6.07) is 0. The molecule has 59 heavy (non-hydrogen) atoms. The fraction of sp³-hybridized carbons (Fsp3) is 0.900. The highest BCUT2D eigenvalue weighted by molar-refractivity contribution is 5.95. The lowest BCUT2D eigenvalue weighted by atomic mass is 9.62. The molecule has 342 valence electrons. The maximum Gasteiger partial charge on any atom is 0.317 e. The second-order valence-corrected chi connectivity index (χ2v) is 20.3. The second kappa shape index (κ2) is 18.9. The summed E-state index contributed by atoms with van der Waals surface area (Å²) in [5, 5.41) is 0. The van der Waals surface area contributed by atoms with Crippen molar-refractivity contribution >= 4 is 29.8 Å². The van der Waals surface area contributed by atoms with E-state index >= 15 is 0 Å². The molecule has 8 saturated carbocycles. The first-order valence-corrected chi connectivity index (χ1v) is 21.4. The smallest absolute Gasteiger partial charge is 0.317 e. The zero-order valence-electron chi connectivity index (χ0n) is 33.5. The van der Waals surface area contributed by atoms with Crippen LogP contribution in [-0.4, -0.2) is 47.7 Å². The van der Waals surface area contributed by atoms with E-state index in [2.05, 4.69) is 39.4 Å². The molecule has 0 N–H and O–H groups in total. The van der Waals surface area contributed by atoms with Gasteiger partial charge in [0.1, 0.15) is 17.8 Å². The van der Waals surface area contributed by atoms with Gasteiger partial charge in [0.05, 0.1) is 29.6 Å². The van der Waals surface area contributed by atoms with Gasteiger partial charge >= 0.3 is 29.8 Å². The molecular weight excluding hydrogens is 745 g/mol. The second-order valence-electron chi connectivity index (χ2n) is 20.3. The van der Waals surface area contributed by atoms with Crippen molar-refractivity contribution in [1.82, 2.24) is 0 Å². The van der Waals surface area contributed by atoms with E-state index in [0.29, 0.717) is 35.5 Å². The van der Waals surface area contributed by atoms with E-state index in [1.807, 2.05) is 13.8 Å². The SMILES string of the molecule is C.C.C.C.C.C.CC1C(=O)OC(=O)C1C.CC1C2CC(C(=O)OC3C4CC5C(=O)OC3C5C4)C(C2)C1C.CCC(C)(C)OC(=O)C1CC2CC1C1C3CC(C(C)C3C)C21. The normalized spacial score (nSPS) is 46.2. The molecule has 2 heterocycles. The number of carbonyl (C=O) groups is 5. The summed E-state index contributed by atoms with van der Waals surface area (Å²) in [7, 11) is 0. The molecule has 8 bridgehead atoms. The Hall–Kier alpha value is -2.45. The number of hydrogen-bond acceptors (Lipinski definition) is 9. The van der Waals surface area contributed by atoms with E-state index in [-0.39, 0.29) is 110 Å². The average Bonchev–Trinajstić information content (AvgIpc) is 3.99. The molecule has 21 unspecified atom stereocenters. The molecule has 0 aromatic rings. The van der Waals surface area contributed by atoms with Crippen LogP contribution in [0, 0.1) is 112 Å². The van der Waals surface area contributed by atoms with Gasteiger partial charge in [-0.1, -0.05) is 93.0 Å². The number of esters is 5. The molecule has 2 aliphatic heterocycles. The third kappa shape index (κ3) is 8.42. The standard InChI is InChI=1S/C20H32O2.C18H24O4.C6H8O3.6CH4/c1-6-20(4,5)22-19(21)16-8-12-7-15(16)18-14-9-13(17(12)18)10(2)11(14)3;1-7-8(2)11-3-9(7)4-13(11)17(19)21-15-10-5-12-14(6-10)18(20)22-16(12)15;1-3-4(2)6(8)9-5(3)7;;;;;;/h10-18H,6-9H2,1-5H3;7-16H,3-6H2,1-2H3;3-4H,1-2H3;6*1H4. The van der Waals surface area contributed by atoms with Crippen molar-refractivity contribution in [3.05, 3.63) is 0 Å². The molecule has 8 aliphatic carbocycles. The van der Waals surface area contributed by atoms with Gasteiger partial charge in [-0.05, 0) is 136 Å². The van der Waals surface area contributed by atoms with Gasteiger partial charge in [0.25, 0.3) is 0 Å². The largest absolute Gasteiger partial charge is 0.459 e. The number of carbonyl (C=O) groups excluding carboxylic acids is 5. The monoisotopic (exact) mass is 833 g/mol. The lowest BCUT2D eigenvalue weighted by Crippen LogP contribution is -2.42. The molecule has 9 heteroatoms. The highest BCUT2D eigenvalue weighted by Gasteiger charge is 2.67. The van der Waals surface area contributed by atoms with Crippen LogP contribution in [-0.2, 0) is 42.9 Å². The molecule has 21 atom stereocenters. The third-order valence-corrected chi connectivity index (χ3v) is 17.9. The van der Waals surface area contributed by atoms with Crippen LogP contribution in [0.1, 0.15) is 158 Å². The van der Waals surface area contributed by atoms with Gasteiger partial charge in [-0.25, -0.2) is 0 Å². The van der Waals surface area contributed by atoms with Crippen molar-refractivity contribution in [2.75, 3.05) is 0 Å². The van der Waals surface area contributed by atoms with Crippen LogP contribution in [0.15, 0.2) is 0 Å². The molecule has 0 spiro atoms. The van der Waals surface area contributed by atoms with E-state index in [1.165, 1.54) is 19.3 Å². The molecule has 10 rings (SSSR count). The first-order chi connectivity index (χ1) is 25.0. The topological polar surface area (TPSA) is 122 Å². The van der Waals surface area contributed by atoms with Gasteiger partial charge in [-0.3, -0.25) is 24.0 Å². The average molecular weight is 833 g/mol. The van der Waals surface area contributed by atoms with Gasteiger partial charge in [0.2, 0.25) is 0 Å². The number of ether oxygens (including phenoxy) is 4. The maximum absolute atomic E-state index is 12.7. The Morgan fingerprint density at radius 2 is 1.08 bits per heavy atom. The minimum Gasteiger partial charge on any atom is -0.459 e. The van der Waals surface area contributed by atoms with Gasteiger partial charge in [-0.15, -0.1) is 0 Å². The summed E-state index contributed by atoms with van der Waals surface area (Å²) in [5.74, 6) is 9.27. The van der Waals surface area contributed by atoms with Crippen molar-refractivity contribution in [2.24, 2.45) is 112 Å². The molecule has 0 aromatic carbocycles. The number of fused-ring (bicyclic) bond motifs is 12. The van der Waals surface area contributed by atoms with Crippen LogP contribution in [0.25, 0.3) is 0 Å². The van der Waals surface area contributed by atoms with Gasteiger partial charge in [0, 0.05) is 11.8 Å². The van der Waals surface area contributed by atoms with Crippen LogP contribution < -0.4 is 0 Å². The Morgan fingerprint density at radius 1 is 0.576 bits per heavy atom. The lowest BCUT2D eigenvalue weighted by molar-refractivity contribution is -0.168.